The molecule has 0 bridgehead atoms. The van der Waals surface area contributed by atoms with Crippen LogP contribution in [-0.2, 0) is 5.41 Å². The first-order valence-electron chi connectivity index (χ1n) is 7.25. The van der Waals surface area contributed by atoms with E-state index in [9.17, 15) is 0 Å². The van der Waals surface area contributed by atoms with Crippen molar-refractivity contribution < 1.29 is 0 Å². The molecule has 2 unspecified atom stereocenters. The minimum atomic E-state index is -0.0869. The van der Waals surface area contributed by atoms with Crippen LogP contribution in [-0.4, -0.2) is 48.1 Å². The SMILES string of the molecule is CC1CN(c2cc(N)nc(C(C)(C)C)n2)CC1N(C)C. The maximum absolute atomic E-state index is 5.96. The Hall–Kier alpha value is -1.36. The van der Waals surface area contributed by atoms with Crippen LogP contribution in [0.2, 0.25) is 0 Å². The van der Waals surface area contributed by atoms with Gasteiger partial charge >= 0.3 is 0 Å². The van der Waals surface area contributed by atoms with Crippen LogP contribution in [0.5, 0.6) is 0 Å². The molecule has 20 heavy (non-hydrogen) atoms. The molecule has 0 spiro atoms. The molecule has 2 atom stereocenters. The van der Waals surface area contributed by atoms with Crippen molar-refractivity contribution in [3.8, 4) is 0 Å². The monoisotopic (exact) mass is 277 g/mol. The van der Waals surface area contributed by atoms with Gasteiger partial charge in [-0.15, -0.1) is 0 Å². The van der Waals surface area contributed by atoms with Crippen molar-refractivity contribution in [2.45, 2.75) is 39.2 Å². The fraction of sp³-hybridized carbons (Fsp3) is 0.733. The molecule has 0 amide bonds. The van der Waals surface area contributed by atoms with Gasteiger partial charge in [-0.3, -0.25) is 0 Å². The predicted octanol–water partition coefficient (Wildman–Crippen LogP) is 1.74. The van der Waals surface area contributed by atoms with Crippen molar-refractivity contribution in [1.29, 1.82) is 0 Å². The number of nitrogens with two attached hydrogens (primary N) is 1. The van der Waals surface area contributed by atoms with E-state index < -0.39 is 0 Å². The Bertz CT molecular complexity index is 478. The maximum atomic E-state index is 5.96. The minimum absolute atomic E-state index is 0.0869. The summed E-state index contributed by atoms with van der Waals surface area (Å²) in [5.74, 6) is 2.95. The van der Waals surface area contributed by atoms with Crippen LogP contribution in [0.3, 0.4) is 0 Å². The smallest absolute Gasteiger partial charge is 0.138 e. The first-order chi connectivity index (χ1) is 9.18. The fourth-order valence-electron chi connectivity index (χ4n) is 2.76. The van der Waals surface area contributed by atoms with Gasteiger partial charge in [-0.25, -0.2) is 9.97 Å². The Balaban J connectivity index is 2.28. The molecule has 1 fully saturated rings. The average Bonchev–Trinajstić information content (AvgIpc) is 2.69. The molecule has 2 heterocycles. The zero-order chi connectivity index (χ0) is 15.1. The quantitative estimate of drug-likeness (QED) is 0.892. The molecule has 2 rings (SSSR count). The van der Waals surface area contributed by atoms with E-state index in [1.807, 2.05) is 6.07 Å². The molecule has 112 valence electrons. The van der Waals surface area contributed by atoms with E-state index in [-0.39, 0.29) is 5.41 Å². The third-order valence-corrected chi connectivity index (χ3v) is 3.96. The summed E-state index contributed by atoms with van der Waals surface area (Å²) in [5.41, 5.74) is 5.88. The summed E-state index contributed by atoms with van der Waals surface area (Å²) >= 11 is 0. The van der Waals surface area contributed by atoms with E-state index in [2.05, 4.69) is 56.6 Å². The second-order valence-electron chi connectivity index (χ2n) is 7.14. The molecule has 0 aliphatic carbocycles. The lowest BCUT2D eigenvalue weighted by molar-refractivity contribution is 0.266. The van der Waals surface area contributed by atoms with Gasteiger partial charge in [-0.05, 0) is 20.0 Å². The number of likely N-dealkylation sites (N-methyl/N-ethyl adjacent to an activating group) is 1. The molecular weight excluding hydrogens is 250 g/mol. The summed E-state index contributed by atoms with van der Waals surface area (Å²) < 4.78 is 0. The zero-order valence-electron chi connectivity index (χ0n) is 13.5. The van der Waals surface area contributed by atoms with Gasteiger partial charge in [-0.1, -0.05) is 27.7 Å². The number of aromatic nitrogens is 2. The molecule has 1 aliphatic heterocycles. The maximum Gasteiger partial charge on any atom is 0.138 e. The van der Waals surface area contributed by atoms with Gasteiger partial charge < -0.3 is 15.5 Å². The lowest BCUT2D eigenvalue weighted by Crippen LogP contribution is -2.34. The molecule has 5 heteroatoms. The van der Waals surface area contributed by atoms with Gasteiger partial charge in [0, 0.05) is 30.6 Å². The highest BCUT2D eigenvalue weighted by Gasteiger charge is 2.32. The Labute approximate surface area is 122 Å². The van der Waals surface area contributed by atoms with Gasteiger partial charge in [0.1, 0.15) is 17.5 Å². The third kappa shape index (κ3) is 3.03. The lowest BCUT2D eigenvalue weighted by atomic mass is 9.96. The lowest BCUT2D eigenvalue weighted by Gasteiger charge is -2.24. The van der Waals surface area contributed by atoms with Crippen molar-refractivity contribution in [2.75, 3.05) is 37.8 Å². The Kier molecular flexibility index (Phi) is 3.91. The Morgan fingerprint density at radius 3 is 2.40 bits per heavy atom. The van der Waals surface area contributed by atoms with Crippen LogP contribution in [0.25, 0.3) is 0 Å². The largest absolute Gasteiger partial charge is 0.384 e. The topological polar surface area (TPSA) is 58.3 Å². The predicted molar refractivity (Wildman–Crippen MR) is 84.0 cm³/mol. The molecule has 1 aromatic heterocycles. The van der Waals surface area contributed by atoms with Crippen LogP contribution in [0.4, 0.5) is 11.6 Å². The van der Waals surface area contributed by atoms with E-state index in [0.29, 0.717) is 17.8 Å². The van der Waals surface area contributed by atoms with Crippen LogP contribution in [0.15, 0.2) is 6.07 Å². The molecular formula is C15H27N5. The number of nitrogens with zero attached hydrogens (tertiary/aromatic N) is 4. The number of rotatable bonds is 2. The van der Waals surface area contributed by atoms with Crippen LogP contribution in [0.1, 0.15) is 33.5 Å². The molecule has 0 aromatic carbocycles. The van der Waals surface area contributed by atoms with E-state index in [4.69, 9.17) is 10.7 Å². The summed E-state index contributed by atoms with van der Waals surface area (Å²) in [7, 11) is 4.28. The van der Waals surface area contributed by atoms with Gasteiger partial charge in [0.25, 0.3) is 0 Å². The van der Waals surface area contributed by atoms with Crippen molar-refractivity contribution in [2.24, 2.45) is 5.92 Å². The second kappa shape index (κ2) is 5.20. The standard InChI is InChI=1S/C15H27N5/c1-10-8-20(9-11(10)19(5)6)13-7-12(16)17-14(18-13)15(2,3)4/h7,10-11H,8-9H2,1-6H3,(H2,16,17,18). The number of hydrogen-bond acceptors (Lipinski definition) is 5. The molecule has 5 nitrogen and oxygen atoms in total. The van der Waals surface area contributed by atoms with Crippen molar-refractivity contribution in [3.63, 3.8) is 0 Å². The fourth-order valence-corrected chi connectivity index (χ4v) is 2.76. The van der Waals surface area contributed by atoms with Crippen LogP contribution < -0.4 is 10.6 Å². The van der Waals surface area contributed by atoms with Crippen molar-refractivity contribution in [1.82, 2.24) is 14.9 Å². The molecule has 0 radical (unpaired) electrons. The van der Waals surface area contributed by atoms with Gasteiger partial charge in [-0.2, -0.15) is 0 Å². The first-order valence-corrected chi connectivity index (χ1v) is 7.25. The average molecular weight is 277 g/mol. The Morgan fingerprint density at radius 1 is 1.25 bits per heavy atom. The summed E-state index contributed by atoms with van der Waals surface area (Å²) in [6.07, 6.45) is 0. The van der Waals surface area contributed by atoms with Gasteiger partial charge in [0.05, 0.1) is 0 Å². The van der Waals surface area contributed by atoms with Crippen molar-refractivity contribution in [3.05, 3.63) is 11.9 Å². The van der Waals surface area contributed by atoms with Gasteiger partial charge in [0.15, 0.2) is 0 Å². The molecule has 1 saturated heterocycles. The minimum Gasteiger partial charge on any atom is -0.384 e. The van der Waals surface area contributed by atoms with E-state index >= 15 is 0 Å². The van der Waals surface area contributed by atoms with Crippen LogP contribution >= 0.6 is 0 Å². The molecule has 0 saturated carbocycles. The number of hydrogen-bond donors (Lipinski definition) is 1. The summed E-state index contributed by atoms with van der Waals surface area (Å²) in [4.78, 5) is 13.7. The van der Waals surface area contributed by atoms with Crippen molar-refractivity contribution >= 4 is 11.6 Å². The van der Waals surface area contributed by atoms with E-state index in [0.717, 1.165) is 24.7 Å². The summed E-state index contributed by atoms with van der Waals surface area (Å²) in [6.45, 7) is 10.6. The second-order valence-corrected chi connectivity index (χ2v) is 7.14. The summed E-state index contributed by atoms with van der Waals surface area (Å²) in [5, 5.41) is 0. The highest BCUT2D eigenvalue weighted by atomic mass is 15.3. The van der Waals surface area contributed by atoms with Gasteiger partial charge in [0.2, 0.25) is 0 Å². The summed E-state index contributed by atoms with van der Waals surface area (Å²) in [6, 6.07) is 2.45. The third-order valence-electron chi connectivity index (χ3n) is 3.96. The number of anilines is 2. The highest BCUT2D eigenvalue weighted by molar-refractivity contribution is 5.48. The molecule has 1 aliphatic rings. The normalized spacial score (nSPS) is 23.6. The number of nitrogen functional groups attached to an aromatic ring is 1. The molecule has 1 aromatic rings. The van der Waals surface area contributed by atoms with E-state index in [1.54, 1.807) is 0 Å². The Morgan fingerprint density at radius 2 is 1.90 bits per heavy atom. The first kappa shape index (κ1) is 15.0. The highest BCUT2D eigenvalue weighted by Crippen LogP contribution is 2.28. The zero-order valence-corrected chi connectivity index (χ0v) is 13.5. The van der Waals surface area contributed by atoms with E-state index in [1.165, 1.54) is 0 Å². The molecule has 2 N–H and O–H groups in total. The van der Waals surface area contributed by atoms with Crippen LogP contribution in [0, 0.1) is 5.92 Å².